The molecule has 23 heavy (non-hydrogen) atoms. The van der Waals surface area contributed by atoms with Crippen LogP contribution >= 0.6 is 0 Å². The van der Waals surface area contributed by atoms with Crippen LogP contribution in [0.3, 0.4) is 0 Å². The molecule has 0 saturated heterocycles. The zero-order valence-electron chi connectivity index (χ0n) is 14.6. The van der Waals surface area contributed by atoms with E-state index < -0.39 is 20.1 Å². The first-order valence-electron chi connectivity index (χ1n) is 7.91. The van der Waals surface area contributed by atoms with Crippen molar-refractivity contribution in [3.63, 3.8) is 0 Å². The van der Waals surface area contributed by atoms with Crippen molar-refractivity contribution in [1.82, 2.24) is 0 Å². The lowest BCUT2D eigenvalue weighted by Crippen LogP contribution is -2.40. The van der Waals surface area contributed by atoms with E-state index in [0.29, 0.717) is 0 Å². The van der Waals surface area contributed by atoms with Crippen LogP contribution in [0.2, 0.25) is 18.1 Å². The van der Waals surface area contributed by atoms with Gasteiger partial charge < -0.3 is 4.43 Å². The molecule has 0 heterocycles. The predicted octanol–water partition coefficient (Wildman–Crippen LogP) is 6.52. The van der Waals surface area contributed by atoms with E-state index in [-0.39, 0.29) is 5.04 Å². The van der Waals surface area contributed by atoms with Crippen molar-refractivity contribution >= 4 is 14.4 Å². The first kappa shape index (κ1) is 20.0. The second-order valence-electron chi connectivity index (χ2n) is 7.27. The Labute approximate surface area is 138 Å². The van der Waals surface area contributed by atoms with Gasteiger partial charge in [-0.2, -0.15) is 13.2 Å². The fraction of sp³-hybridized carbons (Fsp3) is 0.556. The van der Waals surface area contributed by atoms with Crippen molar-refractivity contribution in [2.45, 2.75) is 57.9 Å². The highest BCUT2D eigenvalue weighted by molar-refractivity contribution is 6.74. The van der Waals surface area contributed by atoms with Gasteiger partial charge in [-0.05, 0) is 48.7 Å². The number of rotatable bonds is 6. The minimum Gasteiger partial charge on any atom is -0.417 e. The zero-order valence-corrected chi connectivity index (χ0v) is 15.6. The maximum atomic E-state index is 12.5. The number of unbranched alkanes of at least 4 members (excludes halogenated alkanes) is 1. The summed E-state index contributed by atoms with van der Waals surface area (Å²) in [5.74, 6) is 0. The Morgan fingerprint density at radius 2 is 1.61 bits per heavy atom. The third kappa shape index (κ3) is 6.51. The van der Waals surface area contributed by atoms with Gasteiger partial charge in [-0.1, -0.05) is 45.1 Å². The van der Waals surface area contributed by atoms with Gasteiger partial charge in [0.1, 0.15) is 0 Å². The molecule has 5 heteroatoms. The van der Waals surface area contributed by atoms with Crippen LogP contribution in [-0.4, -0.2) is 14.9 Å². The fourth-order valence-corrected chi connectivity index (χ4v) is 2.84. The average molecular weight is 344 g/mol. The van der Waals surface area contributed by atoms with Crippen molar-refractivity contribution in [3.05, 3.63) is 41.5 Å². The molecule has 1 aromatic carbocycles. The summed E-state index contributed by atoms with van der Waals surface area (Å²) >= 11 is 0. The molecule has 0 aliphatic heterocycles. The first-order chi connectivity index (χ1) is 10.4. The van der Waals surface area contributed by atoms with Crippen molar-refractivity contribution in [2.24, 2.45) is 0 Å². The average Bonchev–Trinajstić information content (AvgIpc) is 2.41. The van der Waals surface area contributed by atoms with Crippen LogP contribution in [0.25, 0.3) is 6.08 Å². The van der Waals surface area contributed by atoms with Crippen molar-refractivity contribution in [3.8, 4) is 0 Å². The quantitative estimate of drug-likeness (QED) is 0.421. The lowest BCUT2D eigenvalue weighted by Gasteiger charge is -2.36. The van der Waals surface area contributed by atoms with E-state index in [1.54, 1.807) is 0 Å². The Morgan fingerprint density at radius 1 is 1.04 bits per heavy atom. The number of allylic oxidation sites excluding steroid dienone is 1. The van der Waals surface area contributed by atoms with Gasteiger partial charge in [-0.15, -0.1) is 0 Å². The van der Waals surface area contributed by atoms with Crippen LogP contribution in [0, 0.1) is 0 Å². The minimum absolute atomic E-state index is 0.211. The van der Waals surface area contributed by atoms with Crippen LogP contribution in [0.5, 0.6) is 0 Å². The molecule has 0 aromatic heterocycles. The van der Waals surface area contributed by atoms with Gasteiger partial charge in [0.25, 0.3) is 0 Å². The highest BCUT2D eigenvalue weighted by atomic mass is 28.4. The Balaban J connectivity index is 2.38. The standard InChI is InChI=1S/C18H27F3OSi/c1-17(2,3)23(4,5)22-14-8-6-7-9-15-10-12-16(13-11-15)18(19,20)21/h7,9-13H,6,8,14H2,1-5H3/b9-7+. The topological polar surface area (TPSA) is 9.23 Å². The molecule has 1 nitrogen and oxygen atoms in total. The minimum atomic E-state index is -4.27. The fourth-order valence-electron chi connectivity index (χ4n) is 1.75. The smallest absolute Gasteiger partial charge is 0.416 e. The normalized spacial score (nSPS) is 13.7. The van der Waals surface area contributed by atoms with E-state index in [2.05, 4.69) is 33.9 Å². The molecule has 0 aliphatic rings. The Kier molecular flexibility index (Phi) is 6.66. The van der Waals surface area contributed by atoms with Gasteiger partial charge in [-0.25, -0.2) is 0 Å². The first-order valence-corrected chi connectivity index (χ1v) is 10.8. The molecule has 0 fully saturated rings. The lowest BCUT2D eigenvalue weighted by atomic mass is 10.1. The van der Waals surface area contributed by atoms with E-state index in [1.165, 1.54) is 12.1 Å². The van der Waals surface area contributed by atoms with Gasteiger partial charge in [-0.3, -0.25) is 0 Å². The molecule has 1 aromatic rings. The Hall–Kier alpha value is -1.07. The summed E-state index contributed by atoms with van der Waals surface area (Å²) < 4.78 is 43.5. The molecule has 0 N–H and O–H groups in total. The second kappa shape index (κ2) is 7.66. The van der Waals surface area contributed by atoms with Crippen LogP contribution in [-0.2, 0) is 10.6 Å². The lowest BCUT2D eigenvalue weighted by molar-refractivity contribution is -0.137. The summed E-state index contributed by atoms with van der Waals surface area (Å²) in [5, 5.41) is 0.211. The monoisotopic (exact) mass is 344 g/mol. The van der Waals surface area contributed by atoms with Crippen LogP contribution in [0.4, 0.5) is 13.2 Å². The SMILES string of the molecule is CC(C)(C)[Si](C)(C)OCCC/C=C/c1ccc(C(F)(F)F)cc1. The molecular formula is C18H27F3OSi. The van der Waals surface area contributed by atoms with Crippen molar-refractivity contribution in [1.29, 1.82) is 0 Å². The van der Waals surface area contributed by atoms with Gasteiger partial charge in [0.15, 0.2) is 8.32 Å². The summed E-state index contributed by atoms with van der Waals surface area (Å²) in [5.41, 5.74) is 0.167. The second-order valence-corrected chi connectivity index (χ2v) is 12.1. The van der Waals surface area contributed by atoms with E-state index in [9.17, 15) is 13.2 Å². The largest absolute Gasteiger partial charge is 0.417 e. The number of alkyl halides is 3. The summed E-state index contributed by atoms with van der Waals surface area (Å²) in [6.07, 6.45) is 1.34. The van der Waals surface area contributed by atoms with Crippen LogP contribution in [0.1, 0.15) is 44.7 Å². The molecule has 0 saturated carbocycles. The molecule has 130 valence electrons. The van der Waals surface area contributed by atoms with E-state index in [0.717, 1.165) is 37.1 Å². The molecule has 0 amide bonds. The summed E-state index contributed by atoms with van der Waals surface area (Å²) in [7, 11) is -1.68. The van der Waals surface area contributed by atoms with Crippen molar-refractivity contribution in [2.75, 3.05) is 6.61 Å². The molecule has 1 rings (SSSR count). The van der Waals surface area contributed by atoms with Gasteiger partial charge >= 0.3 is 6.18 Å². The zero-order chi connectivity index (χ0) is 17.7. The maximum absolute atomic E-state index is 12.5. The maximum Gasteiger partial charge on any atom is 0.416 e. The highest BCUT2D eigenvalue weighted by Crippen LogP contribution is 2.36. The number of hydrogen-bond acceptors (Lipinski definition) is 1. The van der Waals surface area contributed by atoms with Gasteiger partial charge in [0.2, 0.25) is 0 Å². The van der Waals surface area contributed by atoms with E-state index in [4.69, 9.17) is 4.43 Å². The molecule has 0 bridgehead atoms. The van der Waals surface area contributed by atoms with E-state index >= 15 is 0 Å². The van der Waals surface area contributed by atoms with E-state index in [1.807, 2.05) is 12.2 Å². The third-order valence-electron chi connectivity index (χ3n) is 4.33. The van der Waals surface area contributed by atoms with Crippen molar-refractivity contribution < 1.29 is 17.6 Å². The van der Waals surface area contributed by atoms with Gasteiger partial charge in [0, 0.05) is 6.61 Å². The van der Waals surface area contributed by atoms with Crippen LogP contribution < -0.4 is 0 Å². The molecule has 0 atom stereocenters. The molecule has 0 spiro atoms. The number of halogens is 3. The van der Waals surface area contributed by atoms with Crippen LogP contribution in [0.15, 0.2) is 30.3 Å². The molecule has 0 radical (unpaired) electrons. The molecular weight excluding hydrogens is 317 g/mol. The summed E-state index contributed by atoms with van der Waals surface area (Å²) in [6.45, 7) is 11.8. The summed E-state index contributed by atoms with van der Waals surface area (Å²) in [4.78, 5) is 0. The Bertz CT molecular complexity index is 511. The third-order valence-corrected chi connectivity index (χ3v) is 8.87. The highest BCUT2D eigenvalue weighted by Gasteiger charge is 2.36. The predicted molar refractivity (Wildman–Crippen MR) is 92.9 cm³/mol. The molecule has 0 aliphatic carbocycles. The summed E-state index contributed by atoms with van der Waals surface area (Å²) in [6, 6.07) is 5.21. The Morgan fingerprint density at radius 3 is 2.09 bits per heavy atom. The number of benzene rings is 1. The van der Waals surface area contributed by atoms with Gasteiger partial charge in [0.05, 0.1) is 5.56 Å². The number of hydrogen-bond donors (Lipinski definition) is 0. The molecule has 0 unspecified atom stereocenters.